The van der Waals surface area contributed by atoms with Crippen molar-refractivity contribution in [3.8, 4) is 11.5 Å². The molecule has 2 N–H and O–H groups in total. The van der Waals surface area contributed by atoms with Gasteiger partial charge in [-0.3, -0.25) is 9.59 Å². The number of primary amides is 1. The van der Waals surface area contributed by atoms with Crippen LogP contribution >= 0.6 is 0 Å². The minimum absolute atomic E-state index is 0.140. The van der Waals surface area contributed by atoms with E-state index in [2.05, 4.69) is 0 Å². The molecule has 5 nitrogen and oxygen atoms in total. The van der Waals surface area contributed by atoms with Crippen LogP contribution in [0.1, 0.15) is 46.7 Å². The Hall–Kier alpha value is -2.82. The maximum Gasteiger partial charge on any atom is 0.311 e. The van der Waals surface area contributed by atoms with Gasteiger partial charge in [0, 0.05) is 5.56 Å². The van der Waals surface area contributed by atoms with Crippen molar-refractivity contribution in [2.45, 2.75) is 31.6 Å². The van der Waals surface area contributed by atoms with Crippen LogP contribution < -0.4 is 15.2 Å². The molecular formula is C20H21NO4. The van der Waals surface area contributed by atoms with Gasteiger partial charge in [0.05, 0.1) is 13.5 Å². The molecule has 0 saturated carbocycles. The molecule has 0 bridgehead atoms. The highest BCUT2D eigenvalue weighted by Crippen LogP contribution is 2.36. The van der Waals surface area contributed by atoms with E-state index in [1.807, 2.05) is 18.2 Å². The smallest absolute Gasteiger partial charge is 0.311 e. The van der Waals surface area contributed by atoms with Gasteiger partial charge in [0.25, 0.3) is 0 Å². The summed E-state index contributed by atoms with van der Waals surface area (Å²) in [6.45, 7) is 0. The lowest BCUT2D eigenvalue weighted by molar-refractivity contribution is -0.134. The van der Waals surface area contributed by atoms with E-state index in [9.17, 15) is 9.59 Å². The largest absolute Gasteiger partial charge is 0.497 e. The van der Waals surface area contributed by atoms with Crippen LogP contribution in [0.15, 0.2) is 42.5 Å². The summed E-state index contributed by atoms with van der Waals surface area (Å²) in [5.41, 5.74) is 7.99. The number of aryl methyl sites for hydroxylation is 1. The fourth-order valence-corrected chi connectivity index (χ4v) is 3.32. The van der Waals surface area contributed by atoms with Gasteiger partial charge >= 0.3 is 5.97 Å². The van der Waals surface area contributed by atoms with Gasteiger partial charge in [-0.15, -0.1) is 0 Å². The Morgan fingerprint density at radius 2 is 2.00 bits per heavy atom. The molecular weight excluding hydrogens is 318 g/mol. The SMILES string of the molecule is COc1ccc2c(c1)CCCC2CC(=O)Oc1cccc(C(N)=O)c1. The number of amides is 1. The minimum atomic E-state index is -0.548. The Morgan fingerprint density at radius 1 is 1.16 bits per heavy atom. The number of fused-ring (bicyclic) bond motifs is 1. The highest BCUT2D eigenvalue weighted by molar-refractivity contribution is 5.93. The number of benzene rings is 2. The molecule has 0 heterocycles. The van der Waals surface area contributed by atoms with Crippen molar-refractivity contribution in [3.63, 3.8) is 0 Å². The molecule has 1 aliphatic carbocycles. The molecule has 1 amide bonds. The van der Waals surface area contributed by atoms with Crippen LogP contribution in [0.5, 0.6) is 11.5 Å². The zero-order valence-corrected chi connectivity index (χ0v) is 14.2. The maximum absolute atomic E-state index is 12.3. The van der Waals surface area contributed by atoms with Crippen molar-refractivity contribution in [2.75, 3.05) is 7.11 Å². The Morgan fingerprint density at radius 3 is 2.76 bits per heavy atom. The molecule has 1 unspecified atom stereocenters. The fraction of sp³-hybridized carbons (Fsp3) is 0.300. The van der Waals surface area contributed by atoms with Gasteiger partial charge in [0.1, 0.15) is 11.5 Å². The lowest BCUT2D eigenvalue weighted by atomic mass is 9.81. The summed E-state index contributed by atoms with van der Waals surface area (Å²) >= 11 is 0. The molecule has 2 aromatic rings. The molecule has 0 saturated heterocycles. The number of nitrogens with two attached hydrogens (primary N) is 1. The van der Waals surface area contributed by atoms with E-state index in [1.54, 1.807) is 25.3 Å². The Labute approximate surface area is 146 Å². The van der Waals surface area contributed by atoms with Crippen LogP contribution in [0, 0.1) is 0 Å². The second-order valence-corrected chi connectivity index (χ2v) is 6.22. The Bertz CT molecular complexity index is 800. The van der Waals surface area contributed by atoms with E-state index in [-0.39, 0.29) is 11.9 Å². The monoisotopic (exact) mass is 339 g/mol. The lowest BCUT2D eigenvalue weighted by Gasteiger charge is -2.25. The number of hydrogen-bond donors (Lipinski definition) is 1. The van der Waals surface area contributed by atoms with Crippen molar-refractivity contribution >= 4 is 11.9 Å². The molecule has 0 radical (unpaired) electrons. The predicted octanol–water partition coefficient (Wildman–Crippen LogP) is 3.21. The topological polar surface area (TPSA) is 78.6 Å². The van der Waals surface area contributed by atoms with E-state index in [1.165, 1.54) is 17.2 Å². The third-order valence-corrected chi connectivity index (χ3v) is 4.55. The average Bonchev–Trinajstić information content (AvgIpc) is 2.61. The van der Waals surface area contributed by atoms with Crippen molar-refractivity contribution in [2.24, 2.45) is 5.73 Å². The quantitative estimate of drug-likeness (QED) is 0.670. The molecule has 0 aromatic heterocycles. The number of carbonyl (C=O) groups is 2. The molecule has 3 rings (SSSR count). The number of hydrogen-bond acceptors (Lipinski definition) is 4. The van der Waals surface area contributed by atoms with Crippen LogP contribution in [0.3, 0.4) is 0 Å². The summed E-state index contributed by atoms with van der Waals surface area (Å²) in [6.07, 6.45) is 3.30. The van der Waals surface area contributed by atoms with E-state index < -0.39 is 5.91 Å². The lowest BCUT2D eigenvalue weighted by Crippen LogP contribution is -2.17. The Kier molecular flexibility index (Phi) is 5.03. The minimum Gasteiger partial charge on any atom is -0.497 e. The first kappa shape index (κ1) is 17.0. The molecule has 0 spiro atoms. The molecule has 25 heavy (non-hydrogen) atoms. The molecule has 0 fully saturated rings. The van der Waals surface area contributed by atoms with Gasteiger partial charge in [0.15, 0.2) is 0 Å². The van der Waals surface area contributed by atoms with Gasteiger partial charge in [-0.2, -0.15) is 0 Å². The van der Waals surface area contributed by atoms with E-state index in [0.717, 1.165) is 25.0 Å². The van der Waals surface area contributed by atoms with Gasteiger partial charge in [-0.25, -0.2) is 0 Å². The number of esters is 1. The van der Waals surface area contributed by atoms with E-state index in [4.69, 9.17) is 15.2 Å². The second-order valence-electron chi connectivity index (χ2n) is 6.22. The van der Waals surface area contributed by atoms with Gasteiger partial charge in [-0.05, 0) is 66.6 Å². The summed E-state index contributed by atoms with van der Waals surface area (Å²) in [4.78, 5) is 23.5. The number of ether oxygens (including phenoxy) is 2. The van der Waals surface area contributed by atoms with Crippen LogP contribution in [0.25, 0.3) is 0 Å². The summed E-state index contributed by atoms with van der Waals surface area (Å²) in [5, 5.41) is 0. The molecule has 5 heteroatoms. The van der Waals surface area contributed by atoms with Gasteiger partial charge in [-0.1, -0.05) is 12.1 Å². The first-order chi connectivity index (χ1) is 12.1. The average molecular weight is 339 g/mol. The van der Waals surface area contributed by atoms with Crippen LogP contribution in [-0.4, -0.2) is 19.0 Å². The number of rotatable bonds is 5. The van der Waals surface area contributed by atoms with Crippen LogP contribution in [0.2, 0.25) is 0 Å². The second kappa shape index (κ2) is 7.38. The standard InChI is InChI=1S/C20H21NO4/c1-24-16-8-9-18-13(10-16)4-2-5-14(18)12-19(22)25-17-7-3-6-15(11-17)20(21)23/h3,6-11,14H,2,4-5,12H2,1H3,(H2,21,23). The highest BCUT2D eigenvalue weighted by atomic mass is 16.5. The summed E-state index contributed by atoms with van der Waals surface area (Å²) < 4.78 is 10.7. The Balaban J connectivity index is 1.70. The normalized spacial score (nSPS) is 16.0. The zero-order chi connectivity index (χ0) is 17.8. The molecule has 1 aliphatic rings. The fourth-order valence-electron chi connectivity index (χ4n) is 3.32. The third kappa shape index (κ3) is 3.99. The van der Waals surface area contributed by atoms with Crippen molar-refractivity contribution in [1.82, 2.24) is 0 Å². The van der Waals surface area contributed by atoms with Gasteiger partial charge < -0.3 is 15.2 Å². The summed E-state index contributed by atoms with van der Waals surface area (Å²) in [6, 6.07) is 12.4. The number of carbonyl (C=O) groups excluding carboxylic acids is 2. The van der Waals surface area contributed by atoms with Crippen molar-refractivity contribution < 1.29 is 19.1 Å². The molecule has 2 aromatic carbocycles. The zero-order valence-electron chi connectivity index (χ0n) is 14.2. The van der Waals surface area contributed by atoms with Crippen molar-refractivity contribution in [1.29, 1.82) is 0 Å². The number of methoxy groups -OCH3 is 1. The van der Waals surface area contributed by atoms with Crippen molar-refractivity contribution in [3.05, 3.63) is 59.2 Å². The molecule has 130 valence electrons. The van der Waals surface area contributed by atoms with E-state index >= 15 is 0 Å². The molecule has 0 aliphatic heterocycles. The predicted molar refractivity (Wildman–Crippen MR) is 93.9 cm³/mol. The van der Waals surface area contributed by atoms with Crippen LogP contribution in [0.4, 0.5) is 0 Å². The highest BCUT2D eigenvalue weighted by Gasteiger charge is 2.24. The summed E-state index contributed by atoms with van der Waals surface area (Å²) in [7, 11) is 1.65. The maximum atomic E-state index is 12.3. The van der Waals surface area contributed by atoms with E-state index in [0.29, 0.717) is 17.7 Å². The third-order valence-electron chi connectivity index (χ3n) is 4.55. The first-order valence-corrected chi connectivity index (χ1v) is 8.34. The van der Waals surface area contributed by atoms with Crippen LogP contribution in [-0.2, 0) is 11.2 Å². The van der Waals surface area contributed by atoms with Gasteiger partial charge in [0.2, 0.25) is 5.91 Å². The first-order valence-electron chi connectivity index (χ1n) is 8.34. The molecule has 1 atom stereocenters. The summed E-state index contributed by atoms with van der Waals surface area (Å²) in [5.74, 6) is 0.460.